The molecular weight excluding hydrogens is 204 g/mol. The second-order valence-corrected chi connectivity index (χ2v) is 3.98. The van der Waals surface area contributed by atoms with Gasteiger partial charge in [-0.05, 0) is 19.4 Å². The molecule has 1 aromatic heterocycles. The van der Waals surface area contributed by atoms with E-state index in [0.29, 0.717) is 12.3 Å². The van der Waals surface area contributed by atoms with Crippen LogP contribution in [0.3, 0.4) is 0 Å². The number of aryl methyl sites for hydroxylation is 1. The Morgan fingerprint density at radius 1 is 1.62 bits per heavy atom. The number of nitrogens with one attached hydrogen (secondary N) is 1. The van der Waals surface area contributed by atoms with Crippen molar-refractivity contribution in [1.29, 1.82) is 0 Å². The van der Waals surface area contributed by atoms with E-state index < -0.39 is 0 Å². The lowest BCUT2D eigenvalue weighted by atomic mass is 10.1. The summed E-state index contributed by atoms with van der Waals surface area (Å²) in [5.74, 6) is 0.212. The molecule has 1 rings (SSSR count). The van der Waals surface area contributed by atoms with Gasteiger partial charge >= 0.3 is 0 Å². The Morgan fingerprint density at radius 3 is 2.88 bits per heavy atom. The molecule has 0 aliphatic carbocycles. The molecule has 4 nitrogen and oxygen atoms in total. The topological polar surface area (TPSA) is 68.3 Å². The molecule has 0 spiro atoms. The first-order valence-corrected chi connectivity index (χ1v) is 5.74. The van der Waals surface area contributed by atoms with Gasteiger partial charge in [-0.25, -0.2) is 0 Å². The molecule has 16 heavy (non-hydrogen) atoms. The lowest BCUT2D eigenvalue weighted by Crippen LogP contribution is -2.40. The maximum atomic E-state index is 11.8. The zero-order valence-corrected chi connectivity index (χ0v) is 9.95. The average molecular weight is 224 g/mol. The molecule has 0 saturated carbocycles. The van der Waals surface area contributed by atoms with Crippen molar-refractivity contribution < 1.29 is 9.21 Å². The van der Waals surface area contributed by atoms with Crippen LogP contribution in [0.25, 0.3) is 0 Å². The van der Waals surface area contributed by atoms with Gasteiger partial charge in [0.15, 0.2) is 5.76 Å². The summed E-state index contributed by atoms with van der Waals surface area (Å²) >= 11 is 0. The van der Waals surface area contributed by atoms with E-state index in [1.165, 1.54) is 6.26 Å². The molecule has 0 aliphatic heterocycles. The van der Waals surface area contributed by atoms with Crippen molar-refractivity contribution in [2.24, 2.45) is 5.73 Å². The fourth-order valence-corrected chi connectivity index (χ4v) is 1.56. The van der Waals surface area contributed by atoms with E-state index in [0.717, 1.165) is 24.8 Å². The van der Waals surface area contributed by atoms with Gasteiger partial charge in [-0.1, -0.05) is 19.8 Å². The smallest absolute Gasteiger partial charge is 0.287 e. The number of amides is 1. The van der Waals surface area contributed by atoms with Crippen LogP contribution >= 0.6 is 0 Å². The van der Waals surface area contributed by atoms with Crippen LogP contribution in [0.1, 0.15) is 42.3 Å². The molecule has 0 radical (unpaired) electrons. The highest BCUT2D eigenvalue weighted by Gasteiger charge is 2.16. The van der Waals surface area contributed by atoms with Crippen molar-refractivity contribution in [2.75, 3.05) is 6.54 Å². The van der Waals surface area contributed by atoms with E-state index in [1.807, 2.05) is 6.92 Å². The summed E-state index contributed by atoms with van der Waals surface area (Å²) < 4.78 is 5.12. The summed E-state index contributed by atoms with van der Waals surface area (Å²) in [7, 11) is 0. The number of carbonyl (C=O) groups is 1. The summed E-state index contributed by atoms with van der Waals surface area (Å²) in [6.07, 6.45) is 4.61. The lowest BCUT2D eigenvalue weighted by Gasteiger charge is -2.15. The number of hydrogen-bond acceptors (Lipinski definition) is 3. The van der Waals surface area contributed by atoms with Crippen LogP contribution in [-0.2, 0) is 0 Å². The highest BCUT2D eigenvalue weighted by molar-refractivity contribution is 5.92. The van der Waals surface area contributed by atoms with Crippen molar-refractivity contribution in [3.63, 3.8) is 0 Å². The molecule has 90 valence electrons. The third-order valence-corrected chi connectivity index (χ3v) is 2.59. The van der Waals surface area contributed by atoms with Crippen LogP contribution in [0.5, 0.6) is 0 Å². The van der Waals surface area contributed by atoms with Gasteiger partial charge in [0.2, 0.25) is 0 Å². The van der Waals surface area contributed by atoms with Crippen LogP contribution in [0.4, 0.5) is 0 Å². The predicted octanol–water partition coefficient (Wildman–Crippen LogP) is 1.84. The van der Waals surface area contributed by atoms with Crippen molar-refractivity contribution in [1.82, 2.24) is 5.32 Å². The van der Waals surface area contributed by atoms with Gasteiger partial charge in [0.05, 0.1) is 6.26 Å². The Balaban J connectivity index is 2.52. The maximum Gasteiger partial charge on any atom is 0.287 e. The standard InChI is InChI=1S/C12H20N2O2/c1-3-4-5-10(8-13)14-12(15)11-9(2)6-7-16-11/h6-7,10H,3-5,8,13H2,1-2H3,(H,14,15). The molecule has 0 bridgehead atoms. The van der Waals surface area contributed by atoms with E-state index in [2.05, 4.69) is 12.2 Å². The van der Waals surface area contributed by atoms with Gasteiger partial charge in [-0.3, -0.25) is 4.79 Å². The third kappa shape index (κ3) is 3.38. The molecule has 0 fully saturated rings. The Morgan fingerprint density at radius 2 is 2.38 bits per heavy atom. The quantitative estimate of drug-likeness (QED) is 0.774. The van der Waals surface area contributed by atoms with Crippen molar-refractivity contribution in [2.45, 2.75) is 39.2 Å². The van der Waals surface area contributed by atoms with Crippen LogP contribution in [0.2, 0.25) is 0 Å². The molecule has 0 saturated heterocycles. The number of nitrogens with two attached hydrogens (primary N) is 1. The highest BCUT2D eigenvalue weighted by Crippen LogP contribution is 2.09. The summed E-state index contributed by atoms with van der Waals surface area (Å²) in [5, 5.41) is 2.89. The van der Waals surface area contributed by atoms with E-state index in [-0.39, 0.29) is 11.9 Å². The molecule has 4 heteroatoms. The maximum absolute atomic E-state index is 11.8. The first-order chi connectivity index (χ1) is 7.69. The van der Waals surface area contributed by atoms with E-state index in [4.69, 9.17) is 10.2 Å². The second kappa shape index (κ2) is 6.33. The molecular formula is C12H20N2O2. The average Bonchev–Trinajstić information content (AvgIpc) is 2.70. The minimum absolute atomic E-state index is 0.0388. The van der Waals surface area contributed by atoms with Gasteiger partial charge in [0, 0.05) is 18.2 Å². The number of rotatable bonds is 6. The van der Waals surface area contributed by atoms with Gasteiger partial charge in [0.25, 0.3) is 5.91 Å². The SMILES string of the molecule is CCCCC(CN)NC(=O)c1occc1C. The van der Waals surface area contributed by atoms with Crippen molar-refractivity contribution in [3.05, 3.63) is 23.7 Å². The molecule has 0 aromatic carbocycles. The van der Waals surface area contributed by atoms with Crippen LogP contribution in [0, 0.1) is 6.92 Å². The fraction of sp³-hybridized carbons (Fsp3) is 0.583. The van der Waals surface area contributed by atoms with Crippen LogP contribution < -0.4 is 11.1 Å². The van der Waals surface area contributed by atoms with E-state index in [1.54, 1.807) is 6.07 Å². The Kier molecular flexibility index (Phi) is 5.05. The first kappa shape index (κ1) is 12.8. The Bertz CT molecular complexity index is 334. The summed E-state index contributed by atoms with van der Waals surface area (Å²) in [6, 6.07) is 1.82. The Labute approximate surface area is 96.2 Å². The third-order valence-electron chi connectivity index (χ3n) is 2.59. The largest absolute Gasteiger partial charge is 0.459 e. The minimum Gasteiger partial charge on any atom is -0.459 e. The molecule has 1 amide bonds. The minimum atomic E-state index is -0.172. The monoisotopic (exact) mass is 224 g/mol. The van der Waals surface area contributed by atoms with Gasteiger partial charge in [-0.2, -0.15) is 0 Å². The van der Waals surface area contributed by atoms with Gasteiger partial charge in [-0.15, -0.1) is 0 Å². The molecule has 3 N–H and O–H groups in total. The molecule has 0 aliphatic rings. The van der Waals surface area contributed by atoms with Crippen molar-refractivity contribution in [3.8, 4) is 0 Å². The fourth-order valence-electron chi connectivity index (χ4n) is 1.56. The molecule has 1 atom stereocenters. The zero-order chi connectivity index (χ0) is 12.0. The van der Waals surface area contributed by atoms with Crippen LogP contribution in [-0.4, -0.2) is 18.5 Å². The summed E-state index contributed by atoms with van der Waals surface area (Å²) in [6.45, 7) is 4.43. The summed E-state index contributed by atoms with van der Waals surface area (Å²) in [5.41, 5.74) is 6.46. The molecule has 1 aromatic rings. The highest BCUT2D eigenvalue weighted by atomic mass is 16.3. The number of carbonyl (C=O) groups excluding carboxylic acids is 1. The van der Waals surface area contributed by atoms with Gasteiger partial charge < -0.3 is 15.5 Å². The number of furan rings is 1. The summed E-state index contributed by atoms with van der Waals surface area (Å²) in [4.78, 5) is 11.8. The normalized spacial score (nSPS) is 12.4. The first-order valence-electron chi connectivity index (χ1n) is 5.74. The number of hydrogen-bond donors (Lipinski definition) is 2. The lowest BCUT2D eigenvalue weighted by molar-refractivity contribution is 0.0907. The van der Waals surface area contributed by atoms with Crippen LogP contribution in [0.15, 0.2) is 16.7 Å². The second-order valence-electron chi connectivity index (χ2n) is 3.98. The Hall–Kier alpha value is -1.29. The van der Waals surface area contributed by atoms with E-state index >= 15 is 0 Å². The number of unbranched alkanes of at least 4 members (excludes halogenated alkanes) is 1. The zero-order valence-electron chi connectivity index (χ0n) is 9.95. The predicted molar refractivity (Wildman–Crippen MR) is 63.3 cm³/mol. The molecule has 1 heterocycles. The van der Waals surface area contributed by atoms with Crippen molar-refractivity contribution >= 4 is 5.91 Å². The molecule has 1 unspecified atom stereocenters. The van der Waals surface area contributed by atoms with E-state index in [9.17, 15) is 4.79 Å². The van der Waals surface area contributed by atoms with Gasteiger partial charge in [0.1, 0.15) is 0 Å².